The lowest BCUT2D eigenvalue weighted by molar-refractivity contribution is -0.147. The molecule has 1 saturated heterocycles. The Labute approximate surface area is 120 Å². The van der Waals surface area contributed by atoms with Crippen molar-refractivity contribution in [2.45, 2.75) is 19.9 Å². The highest BCUT2D eigenvalue weighted by atomic mass is 19.1. The van der Waals surface area contributed by atoms with Crippen molar-refractivity contribution in [1.29, 1.82) is 0 Å². The van der Waals surface area contributed by atoms with Crippen LogP contribution in [0.5, 0.6) is 0 Å². The summed E-state index contributed by atoms with van der Waals surface area (Å²) in [6.07, 6.45) is 0.376. The number of likely N-dealkylation sites (tertiary alicyclic amines) is 1. The lowest BCUT2D eigenvalue weighted by atomic mass is 9.90. The van der Waals surface area contributed by atoms with Crippen LogP contribution in [-0.4, -0.2) is 35.1 Å². The quantitative estimate of drug-likeness (QED) is 0.896. The molecule has 7 heteroatoms. The molecule has 1 heterocycles. The van der Waals surface area contributed by atoms with Crippen LogP contribution >= 0.6 is 0 Å². The minimum atomic E-state index is -0.946. The fourth-order valence-electron chi connectivity index (χ4n) is 2.26. The van der Waals surface area contributed by atoms with Crippen molar-refractivity contribution < 1.29 is 23.5 Å². The van der Waals surface area contributed by atoms with E-state index in [9.17, 15) is 18.4 Å². The second-order valence-electron chi connectivity index (χ2n) is 5.43. The van der Waals surface area contributed by atoms with Crippen LogP contribution in [0.15, 0.2) is 18.2 Å². The van der Waals surface area contributed by atoms with Crippen LogP contribution in [0.1, 0.15) is 18.9 Å². The lowest BCUT2D eigenvalue weighted by Gasteiger charge is -2.20. The average molecular weight is 298 g/mol. The van der Waals surface area contributed by atoms with Gasteiger partial charge in [0.05, 0.1) is 5.41 Å². The van der Waals surface area contributed by atoms with Crippen molar-refractivity contribution in [3.8, 4) is 0 Å². The van der Waals surface area contributed by atoms with E-state index in [0.717, 1.165) is 12.1 Å². The molecule has 0 bridgehead atoms. The Morgan fingerprint density at radius 1 is 1.43 bits per heavy atom. The molecule has 0 aliphatic carbocycles. The highest BCUT2D eigenvalue weighted by Crippen LogP contribution is 2.29. The predicted molar refractivity (Wildman–Crippen MR) is 70.5 cm³/mol. The number of benzene rings is 1. The topological polar surface area (TPSA) is 69.6 Å². The number of urea groups is 1. The molecule has 21 heavy (non-hydrogen) atoms. The molecule has 1 aromatic rings. The van der Waals surface area contributed by atoms with Gasteiger partial charge in [0, 0.05) is 31.3 Å². The number of nitrogens with one attached hydrogen (secondary N) is 1. The Bertz CT molecular complexity index is 579. The Kier molecular flexibility index (Phi) is 4.11. The summed E-state index contributed by atoms with van der Waals surface area (Å²) < 4.78 is 26.2. The number of aliphatic carboxylic acids is 1. The molecule has 0 spiro atoms. The highest BCUT2D eigenvalue weighted by Gasteiger charge is 2.42. The smallest absolute Gasteiger partial charge is 0.317 e. The summed E-state index contributed by atoms with van der Waals surface area (Å²) in [7, 11) is 0. The van der Waals surface area contributed by atoms with Gasteiger partial charge in [-0.25, -0.2) is 13.6 Å². The summed E-state index contributed by atoms with van der Waals surface area (Å²) in [5, 5.41) is 11.6. The van der Waals surface area contributed by atoms with Crippen molar-refractivity contribution in [1.82, 2.24) is 10.2 Å². The van der Waals surface area contributed by atoms with E-state index < -0.39 is 29.0 Å². The third kappa shape index (κ3) is 3.29. The van der Waals surface area contributed by atoms with Crippen molar-refractivity contribution in [3.05, 3.63) is 35.4 Å². The zero-order chi connectivity index (χ0) is 15.6. The number of hydrogen-bond acceptors (Lipinski definition) is 2. The molecule has 1 aromatic carbocycles. The fourth-order valence-corrected chi connectivity index (χ4v) is 2.26. The SMILES string of the molecule is CC1(C(=O)O)CCN(C(=O)NCc2ccc(F)cc2F)C1. The van der Waals surface area contributed by atoms with Gasteiger partial charge in [0.25, 0.3) is 0 Å². The van der Waals surface area contributed by atoms with Gasteiger partial charge in [0.2, 0.25) is 0 Å². The van der Waals surface area contributed by atoms with Gasteiger partial charge in [-0.1, -0.05) is 6.07 Å². The maximum absolute atomic E-state index is 13.4. The van der Waals surface area contributed by atoms with Crippen molar-refractivity contribution in [2.24, 2.45) is 5.41 Å². The van der Waals surface area contributed by atoms with Crippen LogP contribution in [0.2, 0.25) is 0 Å². The van der Waals surface area contributed by atoms with Crippen molar-refractivity contribution in [3.63, 3.8) is 0 Å². The summed E-state index contributed by atoms with van der Waals surface area (Å²) in [6, 6.07) is 2.67. The zero-order valence-electron chi connectivity index (χ0n) is 11.5. The summed E-state index contributed by atoms with van der Waals surface area (Å²) in [4.78, 5) is 24.4. The van der Waals surface area contributed by atoms with Crippen LogP contribution in [0.3, 0.4) is 0 Å². The molecule has 1 atom stereocenters. The first kappa shape index (κ1) is 15.2. The van der Waals surface area contributed by atoms with E-state index in [1.807, 2.05) is 0 Å². The van der Waals surface area contributed by atoms with Gasteiger partial charge < -0.3 is 15.3 Å². The average Bonchev–Trinajstić information content (AvgIpc) is 2.82. The first-order valence-corrected chi connectivity index (χ1v) is 6.52. The number of halogens is 2. The molecule has 5 nitrogen and oxygen atoms in total. The molecule has 0 saturated carbocycles. The molecule has 1 aliphatic heterocycles. The maximum atomic E-state index is 13.4. The first-order chi connectivity index (χ1) is 9.82. The number of carbonyl (C=O) groups is 2. The molecule has 2 N–H and O–H groups in total. The predicted octanol–water partition coefficient (Wildman–Crippen LogP) is 1.97. The molecule has 0 radical (unpaired) electrons. The van der Waals surface area contributed by atoms with Crippen molar-refractivity contribution >= 4 is 12.0 Å². The molecule has 0 aromatic heterocycles. The van der Waals surface area contributed by atoms with Crippen LogP contribution in [-0.2, 0) is 11.3 Å². The molecule has 1 aliphatic rings. The number of carboxylic acid groups (broad SMARTS) is 1. The minimum absolute atomic E-state index is 0.0781. The number of amides is 2. The summed E-state index contributed by atoms with van der Waals surface area (Å²) >= 11 is 0. The third-order valence-corrected chi connectivity index (χ3v) is 3.72. The molecule has 1 fully saturated rings. The van der Waals surface area contributed by atoms with Gasteiger partial charge in [-0.05, 0) is 19.4 Å². The van der Waals surface area contributed by atoms with Crippen LogP contribution in [0.4, 0.5) is 13.6 Å². The Hall–Kier alpha value is -2.18. The normalized spacial score (nSPS) is 21.4. The van der Waals surface area contributed by atoms with E-state index in [1.165, 1.54) is 11.0 Å². The molecule has 114 valence electrons. The third-order valence-electron chi connectivity index (χ3n) is 3.72. The molecule has 1 unspecified atom stereocenters. The molecule has 2 amide bonds. The van der Waals surface area contributed by atoms with E-state index in [2.05, 4.69) is 5.32 Å². The van der Waals surface area contributed by atoms with Gasteiger partial charge >= 0.3 is 12.0 Å². The number of rotatable bonds is 3. The highest BCUT2D eigenvalue weighted by molar-refractivity contribution is 5.79. The number of carbonyl (C=O) groups excluding carboxylic acids is 1. The van der Waals surface area contributed by atoms with Crippen LogP contribution in [0, 0.1) is 17.0 Å². The number of hydrogen-bond donors (Lipinski definition) is 2. The second kappa shape index (κ2) is 5.67. The standard InChI is InChI=1S/C14H16F2N2O3/c1-14(12(19)20)4-5-18(8-14)13(21)17-7-9-2-3-10(15)6-11(9)16/h2-3,6H,4-5,7-8H2,1H3,(H,17,21)(H,19,20). The van der Waals surface area contributed by atoms with Crippen LogP contribution in [0.25, 0.3) is 0 Å². The minimum Gasteiger partial charge on any atom is -0.481 e. The molecular formula is C14H16F2N2O3. The zero-order valence-corrected chi connectivity index (χ0v) is 11.5. The van der Waals surface area contributed by atoms with Gasteiger partial charge in [0.1, 0.15) is 11.6 Å². The Morgan fingerprint density at radius 2 is 2.14 bits per heavy atom. The van der Waals surface area contributed by atoms with Crippen LogP contribution < -0.4 is 5.32 Å². The summed E-state index contributed by atoms with van der Waals surface area (Å²) in [6.45, 7) is 1.95. The lowest BCUT2D eigenvalue weighted by Crippen LogP contribution is -2.40. The van der Waals surface area contributed by atoms with Crippen molar-refractivity contribution in [2.75, 3.05) is 13.1 Å². The first-order valence-electron chi connectivity index (χ1n) is 6.52. The van der Waals surface area contributed by atoms with Gasteiger partial charge in [-0.3, -0.25) is 4.79 Å². The molecular weight excluding hydrogens is 282 g/mol. The fraction of sp³-hybridized carbons (Fsp3) is 0.429. The monoisotopic (exact) mass is 298 g/mol. The summed E-state index contributed by atoms with van der Waals surface area (Å²) in [5.41, 5.74) is -0.775. The van der Waals surface area contributed by atoms with E-state index in [1.54, 1.807) is 6.92 Å². The number of nitrogens with zero attached hydrogens (tertiary/aromatic N) is 1. The van der Waals surface area contributed by atoms with E-state index in [4.69, 9.17) is 5.11 Å². The van der Waals surface area contributed by atoms with E-state index in [0.29, 0.717) is 13.0 Å². The number of carboxylic acids is 1. The van der Waals surface area contributed by atoms with E-state index in [-0.39, 0.29) is 18.7 Å². The Balaban J connectivity index is 1.93. The molecule has 2 rings (SSSR count). The van der Waals surface area contributed by atoms with Gasteiger partial charge in [-0.2, -0.15) is 0 Å². The van der Waals surface area contributed by atoms with Gasteiger partial charge in [0.15, 0.2) is 0 Å². The Morgan fingerprint density at radius 3 is 2.71 bits per heavy atom. The van der Waals surface area contributed by atoms with Gasteiger partial charge in [-0.15, -0.1) is 0 Å². The maximum Gasteiger partial charge on any atom is 0.317 e. The summed E-state index contributed by atoms with van der Waals surface area (Å²) in [5.74, 6) is -2.35. The second-order valence-corrected chi connectivity index (χ2v) is 5.43. The largest absolute Gasteiger partial charge is 0.481 e. The van der Waals surface area contributed by atoms with E-state index >= 15 is 0 Å².